The molecule has 5 aromatic rings. The zero-order valence-corrected chi connectivity index (χ0v) is 18.7. The number of aromatic amines is 1. The lowest BCUT2D eigenvalue weighted by atomic mass is 9.82. The van der Waals surface area contributed by atoms with E-state index in [9.17, 15) is 9.90 Å². The van der Waals surface area contributed by atoms with Crippen molar-refractivity contribution in [1.29, 1.82) is 0 Å². The van der Waals surface area contributed by atoms with Gasteiger partial charge in [-0.3, -0.25) is 4.79 Å². The number of hydrogen-bond donors (Lipinski definition) is 2. The van der Waals surface area contributed by atoms with Crippen LogP contribution in [0, 0.1) is 0 Å². The number of pyridine rings is 1. The van der Waals surface area contributed by atoms with Crippen molar-refractivity contribution in [3.63, 3.8) is 0 Å². The first-order chi connectivity index (χ1) is 16.5. The molecule has 3 aromatic carbocycles. The molecule has 6 rings (SSSR count). The van der Waals surface area contributed by atoms with Crippen LogP contribution in [0.2, 0.25) is 0 Å². The summed E-state index contributed by atoms with van der Waals surface area (Å²) in [6, 6.07) is 23.1. The van der Waals surface area contributed by atoms with Crippen molar-refractivity contribution >= 4 is 10.9 Å². The monoisotopic (exact) mass is 449 g/mol. The van der Waals surface area contributed by atoms with Gasteiger partial charge in [-0.05, 0) is 52.1 Å². The third kappa shape index (κ3) is 3.15. The Kier molecular flexibility index (Phi) is 4.64. The first kappa shape index (κ1) is 20.4. The van der Waals surface area contributed by atoms with Crippen LogP contribution in [0.1, 0.15) is 22.4 Å². The number of rotatable bonds is 1. The Labute approximate surface area is 196 Å². The van der Waals surface area contributed by atoms with Crippen molar-refractivity contribution in [2.24, 2.45) is 7.05 Å². The number of aromatic nitrogens is 3. The van der Waals surface area contributed by atoms with Crippen LogP contribution in [0.15, 0.2) is 90.1 Å². The molecule has 1 aliphatic heterocycles. The van der Waals surface area contributed by atoms with Crippen LogP contribution in [0.4, 0.5) is 0 Å². The maximum atomic E-state index is 12.8. The van der Waals surface area contributed by atoms with Gasteiger partial charge in [-0.1, -0.05) is 42.5 Å². The summed E-state index contributed by atoms with van der Waals surface area (Å²) in [7, 11) is 1.77. The number of aryl methyl sites for hydroxylation is 1. The fourth-order valence-corrected chi connectivity index (χ4v) is 4.85. The first-order valence-corrected chi connectivity index (χ1v) is 11.2. The summed E-state index contributed by atoms with van der Waals surface area (Å²) in [5.41, 5.74) is 4.01. The molecule has 0 aliphatic carbocycles. The Morgan fingerprint density at radius 1 is 1.03 bits per heavy atom. The van der Waals surface area contributed by atoms with Crippen molar-refractivity contribution in [3.8, 4) is 16.9 Å². The molecule has 1 aliphatic rings. The highest BCUT2D eigenvalue weighted by Crippen LogP contribution is 2.39. The quantitative estimate of drug-likeness (QED) is 0.403. The summed E-state index contributed by atoms with van der Waals surface area (Å²) in [5.74, 6) is 0.688. The van der Waals surface area contributed by atoms with Crippen LogP contribution in [0.3, 0.4) is 0 Å². The van der Waals surface area contributed by atoms with E-state index in [0.29, 0.717) is 29.2 Å². The van der Waals surface area contributed by atoms with Crippen LogP contribution >= 0.6 is 0 Å². The summed E-state index contributed by atoms with van der Waals surface area (Å²) < 4.78 is 7.69. The highest BCUT2D eigenvalue weighted by molar-refractivity contribution is 5.95. The topological polar surface area (TPSA) is 80.1 Å². The minimum Gasteiger partial charge on any atom is -0.493 e. The van der Waals surface area contributed by atoms with Crippen LogP contribution in [0.25, 0.3) is 22.0 Å². The van der Waals surface area contributed by atoms with Crippen molar-refractivity contribution < 1.29 is 9.84 Å². The molecule has 3 heterocycles. The van der Waals surface area contributed by atoms with E-state index in [-0.39, 0.29) is 5.56 Å². The van der Waals surface area contributed by atoms with E-state index in [1.165, 1.54) is 0 Å². The number of imidazole rings is 1. The molecular weight excluding hydrogens is 426 g/mol. The van der Waals surface area contributed by atoms with Crippen LogP contribution in [0.5, 0.6) is 5.75 Å². The van der Waals surface area contributed by atoms with E-state index in [2.05, 4.69) is 22.1 Å². The third-order valence-electron chi connectivity index (χ3n) is 6.70. The molecule has 0 spiro atoms. The fourth-order valence-electron chi connectivity index (χ4n) is 4.85. The standard InChI is InChI=1S/C28H23N3O3/c1-31-25-9-8-21-14-24(25)23(15-27(31)32)19-5-2-4-18(12-19)10-11-34-22-7-3-6-20(13-22)28(21,33)26-16-29-17-30-26/h2-9,12-17,33H,10-11H2,1H3,(H,29,30). The highest BCUT2D eigenvalue weighted by Gasteiger charge is 2.36. The minimum atomic E-state index is -1.50. The summed E-state index contributed by atoms with van der Waals surface area (Å²) in [6.45, 7) is 0.493. The molecule has 0 radical (unpaired) electrons. The van der Waals surface area contributed by atoms with Crippen LogP contribution < -0.4 is 10.3 Å². The smallest absolute Gasteiger partial charge is 0.251 e. The van der Waals surface area contributed by atoms with Gasteiger partial charge in [0.15, 0.2) is 5.60 Å². The summed E-state index contributed by atoms with van der Waals surface area (Å²) in [6.07, 6.45) is 3.91. The number of ether oxygens (including phenoxy) is 1. The number of nitrogens with zero attached hydrogens (tertiary/aromatic N) is 2. The molecule has 0 saturated heterocycles. The van der Waals surface area contributed by atoms with Crippen molar-refractivity contribution in [1.82, 2.24) is 14.5 Å². The number of aliphatic hydroxyl groups is 1. The lowest BCUT2D eigenvalue weighted by Gasteiger charge is -2.29. The van der Waals surface area contributed by atoms with E-state index >= 15 is 0 Å². The van der Waals surface area contributed by atoms with E-state index in [1.54, 1.807) is 30.2 Å². The Morgan fingerprint density at radius 2 is 1.88 bits per heavy atom. The molecule has 2 N–H and O–H groups in total. The molecule has 6 bridgehead atoms. The number of benzene rings is 3. The highest BCUT2D eigenvalue weighted by atomic mass is 16.5. The predicted molar refractivity (Wildman–Crippen MR) is 131 cm³/mol. The van der Waals surface area contributed by atoms with Gasteiger partial charge in [-0.2, -0.15) is 0 Å². The van der Waals surface area contributed by atoms with Crippen molar-refractivity contribution in [3.05, 3.63) is 118 Å². The summed E-state index contributed by atoms with van der Waals surface area (Å²) >= 11 is 0. The summed E-state index contributed by atoms with van der Waals surface area (Å²) in [4.78, 5) is 20.1. The average Bonchev–Trinajstić information content (AvgIpc) is 3.41. The Balaban J connectivity index is 1.73. The number of nitrogens with one attached hydrogen (secondary N) is 1. The molecule has 0 amide bonds. The van der Waals surface area contributed by atoms with Gasteiger partial charge in [0.2, 0.25) is 0 Å². The first-order valence-electron chi connectivity index (χ1n) is 11.2. The minimum absolute atomic E-state index is 0.0818. The molecule has 0 saturated carbocycles. The third-order valence-corrected chi connectivity index (χ3v) is 6.70. The summed E-state index contributed by atoms with van der Waals surface area (Å²) in [5, 5.41) is 13.2. The van der Waals surface area contributed by atoms with Gasteiger partial charge in [0.25, 0.3) is 5.56 Å². The molecular formula is C28H23N3O3. The maximum absolute atomic E-state index is 12.8. The van der Waals surface area contributed by atoms with E-state index in [4.69, 9.17) is 4.74 Å². The lowest BCUT2D eigenvalue weighted by molar-refractivity contribution is 0.121. The maximum Gasteiger partial charge on any atom is 0.251 e. The number of fused-ring (bicyclic) bond motifs is 6. The van der Waals surface area contributed by atoms with Crippen LogP contribution in [-0.2, 0) is 19.1 Å². The molecule has 34 heavy (non-hydrogen) atoms. The van der Waals surface area contributed by atoms with Gasteiger partial charge in [0, 0.05) is 24.9 Å². The van der Waals surface area contributed by atoms with Gasteiger partial charge < -0.3 is 19.4 Å². The van der Waals surface area contributed by atoms with E-state index in [0.717, 1.165) is 34.0 Å². The molecule has 1 unspecified atom stereocenters. The van der Waals surface area contributed by atoms with E-state index < -0.39 is 5.60 Å². The SMILES string of the molecule is Cn1c(=O)cc2c3cc(ccc31)C(O)(c1cnc[nH]1)c1cccc(c1)OCCc1cccc-2c1. The van der Waals surface area contributed by atoms with E-state index in [1.807, 2.05) is 54.6 Å². The molecule has 0 fully saturated rings. The molecule has 2 aromatic heterocycles. The van der Waals surface area contributed by atoms with Crippen molar-refractivity contribution in [2.75, 3.05) is 6.61 Å². The zero-order valence-electron chi connectivity index (χ0n) is 18.7. The van der Waals surface area contributed by atoms with Crippen molar-refractivity contribution in [2.45, 2.75) is 12.0 Å². The van der Waals surface area contributed by atoms with Gasteiger partial charge in [-0.25, -0.2) is 4.98 Å². The molecule has 1 atom stereocenters. The van der Waals surface area contributed by atoms with Gasteiger partial charge in [0.1, 0.15) is 5.75 Å². The largest absolute Gasteiger partial charge is 0.493 e. The Morgan fingerprint density at radius 3 is 2.74 bits per heavy atom. The zero-order chi connectivity index (χ0) is 23.3. The normalized spacial score (nSPS) is 17.4. The Bertz CT molecular complexity index is 1590. The molecule has 6 heteroatoms. The van der Waals surface area contributed by atoms with Crippen LogP contribution in [-0.4, -0.2) is 26.2 Å². The lowest BCUT2D eigenvalue weighted by Crippen LogP contribution is -2.29. The second-order valence-corrected chi connectivity index (χ2v) is 8.69. The predicted octanol–water partition coefficient (Wildman–Crippen LogP) is 4.15. The van der Waals surface area contributed by atoms with Gasteiger partial charge in [-0.15, -0.1) is 0 Å². The second-order valence-electron chi connectivity index (χ2n) is 8.69. The average molecular weight is 450 g/mol. The fraction of sp³-hybridized carbons (Fsp3) is 0.143. The van der Waals surface area contributed by atoms with Gasteiger partial charge >= 0.3 is 0 Å². The Hall–Kier alpha value is -4.16. The van der Waals surface area contributed by atoms with Gasteiger partial charge in [0.05, 0.1) is 30.3 Å². The molecule has 6 nitrogen and oxygen atoms in total. The second kappa shape index (κ2) is 7.71. The number of H-pyrrole nitrogens is 1. The molecule has 168 valence electrons. The number of hydrogen-bond acceptors (Lipinski definition) is 4.